The monoisotopic (exact) mass is 255 g/mol. The Kier molecular flexibility index (Phi) is 3.02. The molecule has 1 unspecified atom stereocenters. The number of halogens is 2. The summed E-state index contributed by atoms with van der Waals surface area (Å²) >= 11 is 0. The first-order chi connectivity index (χ1) is 8.44. The lowest BCUT2D eigenvalue weighted by Gasteiger charge is -2.17. The van der Waals surface area contributed by atoms with Crippen LogP contribution in [0, 0.1) is 11.6 Å². The number of carbonyl (C=O) groups is 1. The van der Waals surface area contributed by atoms with Gasteiger partial charge in [0.25, 0.3) is 0 Å². The molecule has 6 heteroatoms. The summed E-state index contributed by atoms with van der Waals surface area (Å²) < 4.78 is 30.7. The minimum atomic E-state index is -1.24. The predicted molar refractivity (Wildman–Crippen MR) is 59.0 cm³/mol. The second kappa shape index (κ2) is 4.36. The quantitative estimate of drug-likeness (QED) is 0.759. The fourth-order valence-electron chi connectivity index (χ4n) is 1.74. The third-order valence-electron chi connectivity index (χ3n) is 2.68. The smallest absolute Gasteiger partial charge is 0.353 e. The number of methoxy groups -OCH3 is 1. The van der Waals surface area contributed by atoms with Crippen molar-refractivity contribution in [2.45, 2.75) is 18.9 Å². The van der Waals surface area contributed by atoms with Crippen LogP contribution < -0.4 is 0 Å². The Hall–Kier alpha value is -1.98. The van der Waals surface area contributed by atoms with Crippen LogP contribution in [-0.2, 0) is 14.4 Å². The zero-order valence-electron chi connectivity index (χ0n) is 9.87. The number of carbonyl (C=O) groups excluding carboxylic acids is 1. The van der Waals surface area contributed by atoms with Crippen LogP contribution in [0.3, 0.4) is 0 Å². The van der Waals surface area contributed by atoms with Crippen LogP contribution in [0.15, 0.2) is 23.4 Å². The minimum Gasteiger partial charge on any atom is -0.466 e. The van der Waals surface area contributed by atoms with E-state index in [1.165, 1.54) is 14.0 Å². The highest BCUT2D eigenvalue weighted by atomic mass is 19.1. The molecule has 96 valence electrons. The van der Waals surface area contributed by atoms with Gasteiger partial charge in [-0.15, -0.1) is 0 Å². The molecule has 0 radical (unpaired) electrons. The molecule has 1 aromatic carbocycles. The fraction of sp³-hybridized carbons (Fsp3) is 0.333. The zero-order chi connectivity index (χ0) is 13.3. The van der Waals surface area contributed by atoms with Crippen LogP contribution in [0.5, 0.6) is 0 Å². The van der Waals surface area contributed by atoms with Gasteiger partial charge in [0.2, 0.25) is 5.60 Å². The number of nitrogens with zero attached hydrogens (tertiary/aromatic N) is 1. The maximum Gasteiger partial charge on any atom is 0.353 e. The van der Waals surface area contributed by atoms with Gasteiger partial charge in [-0.25, -0.2) is 13.6 Å². The Bertz CT molecular complexity index is 510. The van der Waals surface area contributed by atoms with Crippen molar-refractivity contribution in [3.05, 3.63) is 35.4 Å². The molecule has 0 amide bonds. The minimum absolute atomic E-state index is 0.0998. The van der Waals surface area contributed by atoms with Gasteiger partial charge in [-0.1, -0.05) is 5.16 Å². The van der Waals surface area contributed by atoms with Crippen LogP contribution in [-0.4, -0.2) is 24.4 Å². The third-order valence-corrected chi connectivity index (χ3v) is 2.68. The van der Waals surface area contributed by atoms with Gasteiger partial charge < -0.3 is 9.57 Å². The number of rotatable bonds is 2. The molecular formula is C12H11F2NO3. The summed E-state index contributed by atoms with van der Waals surface area (Å²) in [6.45, 7) is 1.50. The summed E-state index contributed by atoms with van der Waals surface area (Å²) in [6.07, 6.45) is 0.0998. The molecule has 1 heterocycles. The van der Waals surface area contributed by atoms with Gasteiger partial charge in [-0.3, -0.25) is 0 Å². The molecule has 0 fully saturated rings. The molecule has 0 saturated carbocycles. The van der Waals surface area contributed by atoms with Gasteiger partial charge in [0.15, 0.2) is 0 Å². The topological polar surface area (TPSA) is 47.9 Å². The summed E-state index contributed by atoms with van der Waals surface area (Å²) in [6, 6.07) is 3.03. The molecule has 2 rings (SSSR count). The average molecular weight is 255 g/mol. The van der Waals surface area contributed by atoms with E-state index in [9.17, 15) is 13.6 Å². The standard InChI is InChI=1S/C12H11F2NO3/c1-12(11(16)17-2)6-10(15-18-12)7-3-8(13)5-9(14)4-7/h3-5H,6H2,1-2H3. The van der Waals surface area contributed by atoms with Gasteiger partial charge in [0, 0.05) is 18.1 Å². The molecule has 1 aliphatic rings. The maximum atomic E-state index is 13.1. The molecule has 0 saturated heterocycles. The molecule has 1 aromatic rings. The Morgan fingerprint density at radius 3 is 2.56 bits per heavy atom. The van der Waals surface area contributed by atoms with E-state index in [1.807, 2.05) is 0 Å². The molecule has 0 aliphatic carbocycles. The molecular weight excluding hydrogens is 244 g/mol. The Balaban J connectivity index is 2.25. The average Bonchev–Trinajstić information content (AvgIpc) is 2.71. The Labute approximate surface area is 102 Å². The second-order valence-electron chi connectivity index (χ2n) is 4.19. The second-order valence-corrected chi connectivity index (χ2v) is 4.19. The highest BCUT2D eigenvalue weighted by Crippen LogP contribution is 2.28. The normalized spacial score (nSPS) is 22.3. The first-order valence-corrected chi connectivity index (χ1v) is 5.24. The summed E-state index contributed by atoms with van der Waals surface area (Å²) in [5.41, 5.74) is -0.686. The largest absolute Gasteiger partial charge is 0.466 e. The number of hydrogen-bond donors (Lipinski definition) is 0. The van der Waals surface area contributed by atoms with Crippen molar-refractivity contribution in [1.29, 1.82) is 0 Å². The van der Waals surface area contributed by atoms with Crippen LogP contribution >= 0.6 is 0 Å². The molecule has 1 aliphatic heterocycles. The molecule has 1 atom stereocenters. The lowest BCUT2D eigenvalue weighted by Crippen LogP contribution is -2.36. The first kappa shape index (κ1) is 12.5. The van der Waals surface area contributed by atoms with E-state index in [0.717, 1.165) is 18.2 Å². The van der Waals surface area contributed by atoms with Gasteiger partial charge in [0.05, 0.1) is 12.8 Å². The van der Waals surface area contributed by atoms with E-state index in [0.29, 0.717) is 5.71 Å². The van der Waals surface area contributed by atoms with Crippen molar-refractivity contribution in [3.63, 3.8) is 0 Å². The van der Waals surface area contributed by atoms with E-state index < -0.39 is 23.2 Å². The van der Waals surface area contributed by atoms with Gasteiger partial charge >= 0.3 is 5.97 Å². The molecule has 0 aromatic heterocycles. The summed E-state index contributed by atoms with van der Waals surface area (Å²) in [5.74, 6) is -2.00. The summed E-state index contributed by atoms with van der Waals surface area (Å²) in [4.78, 5) is 16.5. The van der Waals surface area contributed by atoms with E-state index in [-0.39, 0.29) is 12.0 Å². The Morgan fingerprint density at radius 2 is 2.00 bits per heavy atom. The Morgan fingerprint density at radius 1 is 1.39 bits per heavy atom. The molecule has 0 N–H and O–H groups in total. The van der Waals surface area contributed by atoms with E-state index >= 15 is 0 Å². The van der Waals surface area contributed by atoms with E-state index in [4.69, 9.17) is 4.84 Å². The molecule has 4 nitrogen and oxygen atoms in total. The van der Waals surface area contributed by atoms with E-state index in [2.05, 4.69) is 9.89 Å². The van der Waals surface area contributed by atoms with Crippen molar-refractivity contribution in [3.8, 4) is 0 Å². The highest BCUT2D eigenvalue weighted by Gasteiger charge is 2.43. The van der Waals surface area contributed by atoms with Crippen molar-refractivity contribution in [1.82, 2.24) is 0 Å². The number of ether oxygens (including phenoxy) is 1. The number of benzene rings is 1. The molecule has 0 spiro atoms. The van der Waals surface area contributed by atoms with Crippen LogP contribution in [0.2, 0.25) is 0 Å². The maximum absolute atomic E-state index is 13.1. The summed E-state index contributed by atoms with van der Waals surface area (Å²) in [5, 5.41) is 3.69. The van der Waals surface area contributed by atoms with Crippen molar-refractivity contribution >= 4 is 11.7 Å². The molecule has 18 heavy (non-hydrogen) atoms. The molecule has 0 bridgehead atoms. The highest BCUT2D eigenvalue weighted by molar-refractivity contribution is 6.04. The SMILES string of the molecule is COC(=O)C1(C)CC(c2cc(F)cc(F)c2)=NO1. The van der Waals surface area contributed by atoms with Crippen LogP contribution in [0.1, 0.15) is 18.9 Å². The number of oxime groups is 1. The predicted octanol–water partition coefficient (Wildman–Crippen LogP) is 2.02. The van der Waals surface area contributed by atoms with Gasteiger partial charge in [-0.05, 0) is 19.1 Å². The lowest BCUT2D eigenvalue weighted by molar-refractivity contribution is -0.164. The van der Waals surface area contributed by atoms with Gasteiger partial charge in [0.1, 0.15) is 11.6 Å². The number of hydrogen-bond acceptors (Lipinski definition) is 4. The van der Waals surface area contributed by atoms with Crippen molar-refractivity contribution < 1.29 is 23.1 Å². The first-order valence-electron chi connectivity index (χ1n) is 5.24. The van der Waals surface area contributed by atoms with Crippen LogP contribution in [0.25, 0.3) is 0 Å². The number of esters is 1. The van der Waals surface area contributed by atoms with Gasteiger partial charge in [-0.2, -0.15) is 0 Å². The lowest BCUT2D eigenvalue weighted by atomic mass is 9.96. The third kappa shape index (κ3) is 2.18. The van der Waals surface area contributed by atoms with Crippen molar-refractivity contribution in [2.75, 3.05) is 7.11 Å². The van der Waals surface area contributed by atoms with Crippen LogP contribution in [0.4, 0.5) is 8.78 Å². The van der Waals surface area contributed by atoms with E-state index in [1.54, 1.807) is 0 Å². The fourth-order valence-corrected chi connectivity index (χ4v) is 1.74. The van der Waals surface area contributed by atoms with Crippen molar-refractivity contribution in [2.24, 2.45) is 5.16 Å². The summed E-state index contributed by atoms with van der Waals surface area (Å²) in [7, 11) is 1.23. The zero-order valence-corrected chi connectivity index (χ0v) is 9.87.